The molecule has 2 atom stereocenters. The lowest BCUT2D eigenvalue weighted by Gasteiger charge is -2.01. The molecule has 2 heterocycles. The topological polar surface area (TPSA) is 54.9 Å². The fraction of sp³-hybridized carbons (Fsp3) is 0.357. The van der Waals surface area contributed by atoms with Crippen molar-refractivity contribution in [2.45, 2.75) is 25.7 Å². The van der Waals surface area contributed by atoms with Gasteiger partial charge in [-0.25, -0.2) is 4.98 Å². The van der Waals surface area contributed by atoms with Crippen molar-refractivity contribution in [1.82, 2.24) is 9.97 Å². The first-order valence-electron chi connectivity index (χ1n) is 6.43. The van der Waals surface area contributed by atoms with Crippen molar-refractivity contribution >= 4 is 22.4 Å². The highest BCUT2D eigenvalue weighted by Gasteiger charge is 2.44. The van der Waals surface area contributed by atoms with Crippen molar-refractivity contribution < 1.29 is 4.79 Å². The molecule has 19 heavy (non-hydrogen) atoms. The molecule has 0 bridgehead atoms. The lowest BCUT2D eigenvalue weighted by Crippen LogP contribution is -2.14. The molecule has 0 aliphatic heterocycles. The number of thiazole rings is 1. The number of nitrogens with one attached hydrogen (secondary N) is 1. The maximum Gasteiger partial charge on any atom is 0.229 e. The molecule has 0 aromatic carbocycles. The average Bonchev–Trinajstić information content (AvgIpc) is 3.13. The predicted molar refractivity (Wildman–Crippen MR) is 75.2 cm³/mol. The summed E-state index contributed by atoms with van der Waals surface area (Å²) in [7, 11) is 0. The number of pyridine rings is 1. The number of aromatic nitrogens is 2. The summed E-state index contributed by atoms with van der Waals surface area (Å²) in [6, 6.07) is 3.94. The van der Waals surface area contributed by atoms with Crippen molar-refractivity contribution in [1.29, 1.82) is 0 Å². The number of anilines is 1. The van der Waals surface area contributed by atoms with Gasteiger partial charge in [-0.2, -0.15) is 0 Å². The third kappa shape index (κ3) is 2.66. The molecule has 0 radical (unpaired) electrons. The van der Waals surface area contributed by atoms with E-state index in [4.69, 9.17) is 0 Å². The molecule has 4 nitrogen and oxygen atoms in total. The molecule has 0 spiro atoms. The van der Waals surface area contributed by atoms with Gasteiger partial charge in [-0.3, -0.25) is 9.78 Å². The lowest BCUT2D eigenvalue weighted by atomic mass is 10.1. The standard InChI is InChI=1S/C14H15N3OS/c1-2-10-8-19-14(16-10)17-13(18)12-6-11(12)9-4-3-5-15-7-9/h3-5,7-8,11-12H,2,6H2,1H3,(H,16,17,18). The number of amides is 1. The van der Waals surface area contributed by atoms with E-state index in [1.165, 1.54) is 11.3 Å². The SMILES string of the molecule is CCc1csc(NC(=O)C2CC2c2cccnc2)n1. The van der Waals surface area contributed by atoms with Gasteiger partial charge in [0.15, 0.2) is 5.13 Å². The number of hydrogen-bond acceptors (Lipinski definition) is 4. The van der Waals surface area contributed by atoms with Gasteiger partial charge in [0.1, 0.15) is 0 Å². The Hall–Kier alpha value is -1.75. The first-order chi connectivity index (χ1) is 9.28. The van der Waals surface area contributed by atoms with E-state index in [9.17, 15) is 4.79 Å². The average molecular weight is 273 g/mol. The van der Waals surface area contributed by atoms with Crippen LogP contribution < -0.4 is 5.32 Å². The van der Waals surface area contributed by atoms with Gasteiger partial charge in [-0.1, -0.05) is 13.0 Å². The summed E-state index contributed by atoms with van der Waals surface area (Å²) in [4.78, 5) is 20.5. The lowest BCUT2D eigenvalue weighted by molar-refractivity contribution is -0.117. The molecular formula is C14H15N3OS. The van der Waals surface area contributed by atoms with Gasteiger partial charge >= 0.3 is 0 Å². The van der Waals surface area contributed by atoms with E-state index in [2.05, 4.69) is 22.2 Å². The van der Waals surface area contributed by atoms with Crippen LogP contribution in [-0.4, -0.2) is 15.9 Å². The van der Waals surface area contributed by atoms with Crippen molar-refractivity contribution in [3.8, 4) is 0 Å². The van der Waals surface area contributed by atoms with E-state index < -0.39 is 0 Å². The van der Waals surface area contributed by atoms with E-state index in [0.29, 0.717) is 11.0 Å². The summed E-state index contributed by atoms with van der Waals surface area (Å²) < 4.78 is 0. The summed E-state index contributed by atoms with van der Waals surface area (Å²) in [5, 5.41) is 5.60. The molecule has 1 saturated carbocycles. The molecule has 1 aliphatic rings. The third-order valence-electron chi connectivity index (χ3n) is 3.38. The highest BCUT2D eigenvalue weighted by atomic mass is 32.1. The second-order valence-corrected chi connectivity index (χ2v) is 5.58. The minimum absolute atomic E-state index is 0.0678. The van der Waals surface area contributed by atoms with Crippen molar-refractivity contribution in [2.75, 3.05) is 5.32 Å². The quantitative estimate of drug-likeness (QED) is 0.932. The molecule has 1 N–H and O–H groups in total. The summed E-state index contributed by atoms with van der Waals surface area (Å²) in [6.45, 7) is 2.06. The summed E-state index contributed by atoms with van der Waals surface area (Å²) >= 11 is 1.49. The van der Waals surface area contributed by atoms with Crippen LogP contribution in [0.3, 0.4) is 0 Å². The molecule has 98 valence electrons. The van der Waals surface area contributed by atoms with Crippen molar-refractivity contribution in [3.05, 3.63) is 41.2 Å². The van der Waals surface area contributed by atoms with Crippen LogP contribution in [0.4, 0.5) is 5.13 Å². The van der Waals surface area contributed by atoms with Crippen molar-refractivity contribution in [2.24, 2.45) is 5.92 Å². The van der Waals surface area contributed by atoms with E-state index in [-0.39, 0.29) is 11.8 Å². The Morgan fingerprint density at radius 2 is 2.47 bits per heavy atom. The fourth-order valence-electron chi connectivity index (χ4n) is 2.17. The normalized spacial score (nSPS) is 21.1. The van der Waals surface area contributed by atoms with Gasteiger partial charge in [0.25, 0.3) is 0 Å². The molecule has 3 rings (SSSR count). The maximum atomic E-state index is 12.1. The van der Waals surface area contributed by atoms with Gasteiger partial charge in [0.2, 0.25) is 5.91 Å². The Balaban J connectivity index is 1.61. The van der Waals surface area contributed by atoms with E-state index in [0.717, 1.165) is 24.1 Å². The Kier molecular flexibility index (Phi) is 3.29. The second-order valence-electron chi connectivity index (χ2n) is 4.72. The highest BCUT2D eigenvalue weighted by Crippen LogP contribution is 2.47. The van der Waals surface area contributed by atoms with Gasteiger partial charge in [0.05, 0.1) is 5.69 Å². The van der Waals surface area contributed by atoms with E-state index in [1.54, 1.807) is 6.20 Å². The smallest absolute Gasteiger partial charge is 0.229 e. The van der Waals surface area contributed by atoms with Crippen LogP contribution in [0.15, 0.2) is 29.9 Å². The van der Waals surface area contributed by atoms with Gasteiger partial charge in [0, 0.05) is 23.7 Å². The molecule has 2 aromatic heterocycles. The Labute approximate surface area is 115 Å². The van der Waals surface area contributed by atoms with E-state index >= 15 is 0 Å². The Bertz CT molecular complexity index is 581. The minimum atomic E-state index is 0.0678. The molecule has 5 heteroatoms. The summed E-state index contributed by atoms with van der Waals surface area (Å²) in [6.07, 6.45) is 5.40. The Morgan fingerprint density at radius 1 is 1.58 bits per heavy atom. The third-order valence-corrected chi connectivity index (χ3v) is 4.19. The minimum Gasteiger partial charge on any atom is -0.302 e. The summed E-state index contributed by atoms with van der Waals surface area (Å²) in [5.74, 6) is 0.461. The first-order valence-corrected chi connectivity index (χ1v) is 7.31. The predicted octanol–water partition coefficient (Wildman–Crippen LogP) is 2.84. The van der Waals surface area contributed by atoms with Crippen molar-refractivity contribution in [3.63, 3.8) is 0 Å². The monoisotopic (exact) mass is 273 g/mol. The number of carbonyl (C=O) groups excluding carboxylic acids is 1. The number of rotatable bonds is 4. The van der Waals surface area contributed by atoms with Crippen LogP contribution in [0.2, 0.25) is 0 Å². The zero-order valence-electron chi connectivity index (χ0n) is 10.7. The van der Waals surface area contributed by atoms with Gasteiger partial charge in [-0.05, 0) is 30.4 Å². The molecule has 1 amide bonds. The largest absolute Gasteiger partial charge is 0.302 e. The van der Waals surface area contributed by atoms with Crippen LogP contribution in [0.5, 0.6) is 0 Å². The number of hydrogen-bond donors (Lipinski definition) is 1. The number of nitrogens with zero attached hydrogens (tertiary/aromatic N) is 2. The fourth-order valence-corrected chi connectivity index (χ4v) is 2.97. The number of aryl methyl sites for hydroxylation is 1. The molecular weight excluding hydrogens is 258 g/mol. The zero-order chi connectivity index (χ0) is 13.2. The highest BCUT2D eigenvalue weighted by molar-refractivity contribution is 7.13. The molecule has 1 fully saturated rings. The van der Waals surface area contributed by atoms with Gasteiger partial charge < -0.3 is 5.32 Å². The maximum absolute atomic E-state index is 12.1. The summed E-state index contributed by atoms with van der Waals surface area (Å²) in [5.41, 5.74) is 2.18. The van der Waals surface area contributed by atoms with Crippen LogP contribution >= 0.6 is 11.3 Å². The zero-order valence-corrected chi connectivity index (χ0v) is 11.5. The molecule has 0 saturated heterocycles. The molecule has 2 unspecified atom stereocenters. The number of carbonyl (C=O) groups is 1. The van der Waals surface area contributed by atoms with Crippen LogP contribution in [-0.2, 0) is 11.2 Å². The molecule has 1 aliphatic carbocycles. The van der Waals surface area contributed by atoms with Crippen LogP contribution in [0, 0.1) is 5.92 Å². The van der Waals surface area contributed by atoms with Crippen LogP contribution in [0.1, 0.15) is 30.5 Å². The second kappa shape index (κ2) is 5.09. The van der Waals surface area contributed by atoms with E-state index in [1.807, 2.05) is 23.7 Å². The molecule has 2 aromatic rings. The van der Waals surface area contributed by atoms with Gasteiger partial charge in [-0.15, -0.1) is 11.3 Å². The first kappa shape index (κ1) is 12.3. The Morgan fingerprint density at radius 3 is 3.16 bits per heavy atom. The van der Waals surface area contributed by atoms with Crippen LogP contribution in [0.25, 0.3) is 0 Å².